The molecule has 1 rings (SSSR count). The van der Waals surface area contributed by atoms with Gasteiger partial charge in [-0.05, 0) is 24.0 Å². The molecule has 1 saturated heterocycles. The Bertz CT molecular complexity index is 125. The van der Waals surface area contributed by atoms with Crippen molar-refractivity contribution >= 4 is 27.7 Å². The summed E-state index contributed by atoms with van der Waals surface area (Å²) in [6.07, 6.45) is 4.26. The van der Waals surface area contributed by atoms with Crippen LogP contribution in [0.3, 0.4) is 0 Å². The fourth-order valence-electron chi connectivity index (χ4n) is 1.62. The van der Waals surface area contributed by atoms with Crippen molar-refractivity contribution in [2.75, 3.05) is 11.5 Å². The molecule has 0 radical (unpaired) electrons. The Kier molecular flexibility index (Phi) is 5.03. The molecule has 1 heterocycles. The van der Waals surface area contributed by atoms with E-state index in [4.69, 9.17) is 0 Å². The van der Waals surface area contributed by atoms with Gasteiger partial charge in [-0.25, -0.2) is 0 Å². The van der Waals surface area contributed by atoms with Crippen molar-refractivity contribution < 1.29 is 0 Å². The predicted octanol–water partition coefficient (Wildman–Crippen LogP) is 3.94. The first-order valence-corrected chi connectivity index (χ1v) is 6.99. The number of hydrogen-bond donors (Lipinski definition) is 0. The normalized spacial score (nSPS) is 30.0. The maximum absolute atomic E-state index is 3.75. The molecule has 72 valence electrons. The first-order valence-electron chi connectivity index (χ1n) is 4.92. The highest BCUT2D eigenvalue weighted by atomic mass is 79.9. The van der Waals surface area contributed by atoms with Crippen LogP contribution < -0.4 is 0 Å². The largest absolute Gasteiger partial charge is 0.161 e. The van der Waals surface area contributed by atoms with Crippen LogP contribution in [0.5, 0.6) is 0 Å². The standard InChI is InChI=1S/C10H19BrS/c1-8(2)4-3-5-9-6-12-7-10(9)11/h8-10H,3-7H2,1-2H3. The predicted molar refractivity (Wildman–Crippen MR) is 62.2 cm³/mol. The lowest BCUT2D eigenvalue weighted by Crippen LogP contribution is -2.11. The van der Waals surface area contributed by atoms with E-state index >= 15 is 0 Å². The van der Waals surface area contributed by atoms with Crippen LogP contribution in [-0.4, -0.2) is 16.3 Å². The molecule has 1 fully saturated rings. The second-order valence-electron chi connectivity index (χ2n) is 4.14. The van der Waals surface area contributed by atoms with Crippen molar-refractivity contribution in [3.63, 3.8) is 0 Å². The number of halogens is 1. The van der Waals surface area contributed by atoms with E-state index in [1.807, 2.05) is 0 Å². The summed E-state index contributed by atoms with van der Waals surface area (Å²) in [6.45, 7) is 4.63. The van der Waals surface area contributed by atoms with Crippen LogP contribution >= 0.6 is 27.7 Å². The molecule has 2 atom stereocenters. The lowest BCUT2D eigenvalue weighted by Gasteiger charge is -2.13. The van der Waals surface area contributed by atoms with E-state index < -0.39 is 0 Å². The number of alkyl halides is 1. The maximum Gasteiger partial charge on any atom is 0.0272 e. The van der Waals surface area contributed by atoms with Crippen molar-refractivity contribution in [1.82, 2.24) is 0 Å². The summed E-state index contributed by atoms with van der Waals surface area (Å²) in [5, 5.41) is 0. The Labute approximate surface area is 89.0 Å². The molecule has 0 aromatic carbocycles. The van der Waals surface area contributed by atoms with Gasteiger partial charge in [0.2, 0.25) is 0 Å². The van der Waals surface area contributed by atoms with Crippen LogP contribution in [0.2, 0.25) is 0 Å². The minimum Gasteiger partial charge on any atom is -0.161 e. The molecule has 0 saturated carbocycles. The van der Waals surface area contributed by atoms with E-state index in [0.717, 1.165) is 16.7 Å². The summed E-state index contributed by atoms with van der Waals surface area (Å²) in [6, 6.07) is 0. The number of rotatable bonds is 4. The third kappa shape index (κ3) is 3.69. The molecule has 0 nitrogen and oxygen atoms in total. The van der Waals surface area contributed by atoms with Gasteiger partial charge in [0.1, 0.15) is 0 Å². The monoisotopic (exact) mass is 250 g/mol. The lowest BCUT2D eigenvalue weighted by atomic mass is 9.98. The summed E-state index contributed by atoms with van der Waals surface area (Å²) in [7, 11) is 0. The summed E-state index contributed by atoms with van der Waals surface area (Å²) < 4.78 is 0. The molecule has 0 aliphatic carbocycles. The van der Waals surface area contributed by atoms with Crippen molar-refractivity contribution in [2.24, 2.45) is 11.8 Å². The van der Waals surface area contributed by atoms with Gasteiger partial charge in [0.05, 0.1) is 0 Å². The third-order valence-electron chi connectivity index (χ3n) is 2.48. The molecule has 12 heavy (non-hydrogen) atoms. The van der Waals surface area contributed by atoms with E-state index in [-0.39, 0.29) is 0 Å². The molecule has 0 aromatic rings. The van der Waals surface area contributed by atoms with Gasteiger partial charge in [0, 0.05) is 10.6 Å². The van der Waals surface area contributed by atoms with Crippen molar-refractivity contribution in [3.05, 3.63) is 0 Å². The fourth-order valence-corrected chi connectivity index (χ4v) is 4.22. The van der Waals surface area contributed by atoms with Gasteiger partial charge in [0.25, 0.3) is 0 Å². The van der Waals surface area contributed by atoms with Crippen LogP contribution in [0.4, 0.5) is 0 Å². The Balaban J connectivity index is 2.06. The summed E-state index contributed by atoms with van der Waals surface area (Å²) in [4.78, 5) is 0.801. The van der Waals surface area contributed by atoms with Crippen molar-refractivity contribution in [2.45, 2.75) is 37.9 Å². The van der Waals surface area contributed by atoms with E-state index in [1.54, 1.807) is 0 Å². The van der Waals surface area contributed by atoms with Crippen LogP contribution in [0, 0.1) is 11.8 Å². The molecule has 2 unspecified atom stereocenters. The van der Waals surface area contributed by atoms with Gasteiger partial charge in [-0.1, -0.05) is 42.6 Å². The molecule has 0 spiro atoms. The molecule has 0 amide bonds. The Morgan fingerprint density at radius 1 is 1.42 bits per heavy atom. The van der Waals surface area contributed by atoms with Crippen molar-refractivity contribution in [1.29, 1.82) is 0 Å². The number of hydrogen-bond acceptors (Lipinski definition) is 1. The fraction of sp³-hybridized carbons (Fsp3) is 1.00. The van der Waals surface area contributed by atoms with Crippen molar-refractivity contribution in [3.8, 4) is 0 Å². The van der Waals surface area contributed by atoms with Gasteiger partial charge in [-0.2, -0.15) is 11.8 Å². The van der Waals surface area contributed by atoms with Crippen LogP contribution in [0.15, 0.2) is 0 Å². The highest BCUT2D eigenvalue weighted by Gasteiger charge is 2.24. The zero-order valence-corrected chi connectivity index (χ0v) is 10.5. The molecule has 0 aromatic heterocycles. The average Bonchev–Trinajstić information content (AvgIpc) is 2.36. The quantitative estimate of drug-likeness (QED) is 0.682. The molecular formula is C10H19BrS. The smallest absolute Gasteiger partial charge is 0.0272 e. The van der Waals surface area contributed by atoms with Crippen LogP contribution in [0.1, 0.15) is 33.1 Å². The Morgan fingerprint density at radius 3 is 2.67 bits per heavy atom. The van der Waals surface area contributed by atoms with E-state index in [9.17, 15) is 0 Å². The minimum absolute atomic E-state index is 0.801. The topological polar surface area (TPSA) is 0 Å². The zero-order valence-electron chi connectivity index (χ0n) is 8.05. The van der Waals surface area contributed by atoms with Gasteiger partial charge >= 0.3 is 0 Å². The number of thioether (sulfide) groups is 1. The summed E-state index contributed by atoms with van der Waals surface area (Å²) in [5.74, 6) is 4.54. The molecule has 1 aliphatic heterocycles. The van der Waals surface area contributed by atoms with Crippen LogP contribution in [0.25, 0.3) is 0 Å². The van der Waals surface area contributed by atoms with Gasteiger partial charge < -0.3 is 0 Å². The second-order valence-corrected chi connectivity index (χ2v) is 6.39. The maximum atomic E-state index is 3.75. The zero-order chi connectivity index (χ0) is 8.97. The average molecular weight is 251 g/mol. The van der Waals surface area contributed by atoms with Gasteiger partial charge in [-0.3, -0.25) is 0 Å². The Morgan fingerprint density at radius 2 is 2.17 bits per heavy atom. The van der Waals surface area contributed by atoms with Crippen LogP contribution in [-0.2, 0) is 0 Å². The lowest BCUT2D eigenvalue weighted by molar-refractivity contribution is 0.472. The van der Waals surface area contributed by atoms with E-state index in [1.165, 1.54) is 30.8 Å². The molecule has 0 bridgehead atoms. The first kappa shape index (κ1) is 10.9. The van der Waals surface area contributed by atoms with Gasteiger partial charge in [0.15, 0.2) is 0 Å². The highest BCUT2D eigenvalue weighted by molar-refractivity contribution is 9.09. The second kappa shape index (κ2) is 5.54. The van der Waals surface area contributed by atoms with Gasteiger partial charge in [-0.15, -0.1) is 0 Å². The molecular weight excluding hydrogens is 232 g/mol. The minimum atomic E-state index is 0.801. The molecule has 2 heteroatoms. The van der Waals surface area contributed by atoms with E-state index in [2.05, 4.69) is 41.5 Å². The summed E-state index contributed by atoms with van der Waals surface area (Å²) >= 11 is 5.85. The summed E-state index contributed by atoms with van der Waals surface area (Å²) in [5.41, 5.74) is 0. The van der Waals surface area contributed by atoms with E-state index in [0.29, 0.717) is 0 Å². The highest BCUT2D eigenvalue weighted by Crippen LogP contribution is 2.33. The molecule has 0 N–H and O–H groups in total. The SMILES string of the molecule is CC(C)CCCC1CSCC1Br. The Hall–Kier alpha value is 0.830. The molecule has 1 aliphatic rings. The first-order chi connectivity index (χ1) is 5.70. The third-order valence-corrected chi connectivity index (χ3v) is 5.24.